The van der Waals surface area contributed by atoms with Crippen LogP contribution in [0, 0.1) is 17.3 Å². The summed E-state index contributed by atoms with van der Waals surface area (Å²) in [7, 11) is 1.45. The Morgan fingerprint density at radius 1 is 1.16 bits per heavy atom. The lowest BCUT2D eigenvalue weighted by molar-refractivity contribution is -0.153. The number of carbonyl (C=O) groups excluding carboxylic acids is 2. The summed E-state index contributed by atoms with van der Waals surface area (Å²) >= 11 is 0. The van der Waals surface area contributed by atoms with Gasteiger partial charge in [0.05, 0.1) is 38.0 Å². The molecule has 0 radical (unpaired) electrons. The number of hydrogen-bond acceptors (Lipinski definition) is 11. The Hall–Kier alpha value is -3.72. The minimum absolute atomic E-state index is 0.0159. The van der Waals surface area contributed by atoms with Gasteiger partial charge in [0.25, 0.3) is 5.91 Å². The summed E-state index contributed by atoms with van der Waals surface area (Å²) < 4.78 is 20.1. The molecule has 3 heterocycles. The first-order valence-corrected chi connectivity index (χ1v) is 12.5. The van der Waals surface area contributed by atoms with Crippen LogP contribution in [0.4, 0.5) is 0 Å². The first-order chi connectivity index (χ1) is 18.2. The number of aromatic nitrogens is 8. The summed E-state index contributed by atoms with van der Waals surface area (Å²) in [6, 6.07) is 0. The fourth-order valence-corrected chi connectivity index (χ4v) is 4.36. The van der Waals surface area contributed by atoms with Crippen molar-refractivity contribution in [3.05, 3.63) is 34.4 Å². The molecule has 2 unspecified atom stereocenters. The van der Waals surface area contributed by atoms with Gasteiger partial charge in [0.1, 0.15) is 25.4 Å². The number of esters is 1. The molecular formula is C23H33N9O6. The van der Waals surface area contributed by atoms with Crippen molar-refractivity contribution < 1.29 is 23.8 Å². The molecule has 1 saturated carbocycles. The molecule has 15 nitrogen and oxygen atoms in total. The van der Waals surface area contributed by atoms with E-state index < -0.39 is 11.6 Å². The summed E-state index contributed by atoms with van der Waals surface area (Å²) in [5, 5.41) is 18.1. The van der Waals surface area contributed by atoms with Gasteiger partial charge in [0.15, 0.2) is 11.3 Å². The third kappa shape index (κ3) is 6.22. The molecular weight excluding hydrogens is 498 g/mol. The molecule has 4 rings (SSSR count). The Morgan fingerprint density at radius 3 is 2.63 bits per heavy atom. The van der Waals surface area contributed by atoms with Crippen molar-refractivity contribution in [1.82, 2.24) is 44.7 Å². The first kappa shape index (κ1) is 27.3. The summed E-state index contributed by atoms with van der Waals surface area (Å²) in [6.07, 6.45) is 4.61. The zero-order valence-electron chi connectivity index (χ0n) is 22.0. The van der Waals surface area contributed by atoms with E-state index >= 15 is 0 Å². The average Bonchev–Trinajstić information content (AvgIpc) is 3.22. The molecule has 1 fully saturated rings. The van der Waals surface area contributed by atoms with Gasteiger partial charge in [0.2, 0.25) is 0 Å². The number of hydrogen-bond donors (Lipinski definition) is 1. The summed E-state index contributed by atoms with van der Waals surface area (Å²) in [4.78, 5) is 40.9. The molecule has 1 aliphatic rings. The van der Waals surface area contributed by atoms with E-state index in [1.807, 2.05) is 0 Å². The summed E-state index contributed by atoms with van der Waals surface area (Å²) in [5.74, 6) is 0.195. The van der Waals surface area contributed by atoms with Gasteiger partial charge >= 0.3 is 11.7 Å². The Balaban J connectivity index is 1.10. The largest absolute Gasteiger partial charge is 0.463 e. The van der Waals surface area contributed by atoms with Crippen molar-refractivity contribution in [1.29, 1.82) is 0 Å². The predicted molar refractivity (Wildman–Crippen MR) is 131 cm³/mol. The summed E-state index contributed by atoms with van der Waals surface area (Å²) in [5.41, 5.74) is -0.213. The number of nitrogens with zero attached hydrogens (tertiary/aromatic N) is 8. The van der Waals surface area contributed by atoms with Gasteiger partial charge in [-0.25, -0.2) is 18.9 Å². The number of ether oxygens (including phenoxy) is 3. The number of fused-ring (bicyclic) bond motifs is 1. The quantitative estimate of drug-likeness (QED) is 0.218. The molecule has 38 heavy (non-hydrogen) atoms. The van der Waals surface area contributed by atoms with Gasteiger partial charge < -0.3 is 19.5 Å². The number of aryl methyl sites for hydroxylation is 1. The van der Waals surface area contributed by atoms with Crippen LogP contribution in [-0.4, -0.2) is 77.7 Å². The van der Waals surface area contributed by atoms with E-state index in [4.69, 9.17) is 14.2 Å². The molecule has 1 N–H and O–H groups in total. The standard InChI is InChI=1S/C23H33N9O6/c1-15(2)9-23(10-16(23)3)21(34)38-8-7-36-5-6-37-14-31-12-17(26-29-31)11-24-20(33)18-19-27-28-30(4)22(35)32(19)13-25-18/h12-13,15-16H,5-11,14H2,1-4H3,(H,24,33). The van der Waals surface area contributed by atoms with Gasteiger partial charge in [-0.15, -0.1) is 10.2 Å². The Bertz CT molecular complexity index is 1330. The van der Waals surface area contributed by atoms with Gasteiger partial charge in [-0.3, -0.25) is 9.59 Å². The topological polar surface area (TPSA) is 170 Å². The molecule has 15 heteroatoms. The normalized spacial score (nSPS) is 18.7. The average molecular weight is 532 g/mol. The molecule has 0 aliphatic heterocycles. The van der Waals surface area contributed by atoms with Crippen LogP contribution >= 0.6 is 0 Å². The monoisotopic (exact) mass is 531 g/mol. The molecule has 0 spiro atoms. The maximum atomic E-state index is 12.5. The van der Waals surface area contributed by atoms with Crippen molar-refractivity contribution >= 4 is 17.5 Å². The van der Waals surface area contributed by atoms with Crippen LogP contribution in [0.15, 0.2) is 17.3 Å². The molecule has 0 saturated heterocycles. The molecule has 0 bridgehead atoms. The minimum Gasteiger partial charge on any atom is -0.463 e. The van der Waals surface area contributed by atoms with E-state index in [-0.39, 0.29) is 42.6 Å². The van der Waals surface area contributed by atoms with Crippen molar-refractivity contribution in [3.63, 3.8) is 0 Å². The maximum absolute atomic E-state index is 12.5. The van der Waals surface area contributed by atoms with Gasteiger partial charge in [-0.2, -0.15) is 4.68 Å². The summed E-state index contributed by atoms with van der Waals surface area (Å²) in [6.45, 7) is 7.77. The van der Waals surface area contributed by atoms with Crippen LogP contribution in [0.5, 0.6) is 0 Å². The number of imidazole rings is 1. The number of nitrogens with one attached hydrogen (secondary N) is 1. The molecule has 1 aliphatic carbocycles. The Kier molecular flexibility index (Phi) is 8.46. The smallest absolute Gasteiger partial charge is 0.352 e. The number of rotatable bonds is 14. The van der Waals surface area contributed by atoms with E-state index in [1.54, 1.807) is 6.20 Å². The highest BCUT2D eigenvalue weighted by atomic mass is 16.6. The SMILES string of the molecule is CC(C)CC1(C(=O)OCCOCCOCn2cc(CNC(=O)c3ncn4c(=O)n(C)nnc34)nn2)CC1C. The molecule has 3 aromatic rings. The van der Waals surface area contributed by atoms with Crippen molar-refractivity contribution in [2.45, 2.75) is 46.9 Å². The lowest BCUT2D eigenvalue weighted by Gasteiger charge is -2.17. The lowest BCUT2D eigenvalue weighted by Crippen LogP contribution is -2.28. The van der Waals surface area contributed by atoms with E-state index in [1.165, 1.54) is 18.1 Å². The van der Waals surface area contributed by atoms with Crippen LogP contribution in [0.25, 0.3) is 5.65 Å². The van der Waals surface area contributed by atoms with Crippen LogP contribution < -0.4 is 11.0 Å². The highest BCUT2D eigenvalue weighted by Gasteiger charge is 2.58. The van der Waals surface area contributed by atoms with E-state index in [0.29, 0.717) is 37.4 Å². The van der Waals surface area contributed by atoms with Crippen molar-refractivity contribution in [2.24, 2.45) is 24.3 Å². The zero-order valence-corrected chi connectivity index (χ0v) is 22.0. The van der Waals surface area contributed by atoms with Crippen LogP contribution in [0.2, 0.25) is 0 Å². The minimum atomic E-state index is -0.523. The molecule has 1 amide bonds. The third-order valence-electron chi connectivity index (χ3n) is 6.42. The van der Waals surface area contributed by atoms with E-state index in [0.717, 1.165) is 21.9 Å². The van der Waals surface area contributed by atoms with Crippen LogP contribution in [0.3, 0.4) is 0 Å². The van der Waals surface area contributed by atoms with E-state index in [2.05, 4.69) is 51.7 Å². The second-order valence-corrected chi connectivity index (χ2v) is 9.86. The Labute approximate surface area is 218 Å². The van der Waals surface area contributed by atoms with Crippen molar-refractivity contribution in [3.8, 4) is 0 Å². The van der Waals surface area contributed by atoms with E-state index in [9.17, 15) is 14.4 Å². The molecule has 3 aromatic heterocycles. The van der Waals surface area contributed by atoms with Crippen LogP contribution in [0.1, 0.15) is 49.8 Å². The number of carbonyl (C=O) groups is 2. The zero-order chi connectivity index (χ0) is 27.3. The van der Waals surface area contributed by atoms with Crippen molar-refractivity contribution in [2.75, 3.05) is 26.4 Å². The highest BCUT2D eigenvalue weighted by Crippen LogP contribution is 2.57. The fourth-order valence-electron chi connectivity index (χ4n) is 4.36. The lowest BCUT2D eigenvalue weighted by atomic mass is 9.92. The fraction of sp³-hybridized carbons (Fsp3) is 0.652. The third-order valence-corrected chi connectivity index (χ3v) is 6.42. The highest BCUT2D eigenvalue weighted by molar-refractivity contribution is 5.97. The maximum Gasteiger partial charge on any atom is 0.352 e. The number of amides is 1. The molecule has 0 aromatic carbocycles. The second-order valence-electron chi connectivity index (χ2n) is 9.86. The van der Waals surface area contributed by atoms with Gasteiger partial charge in [0, 0.05) is 7.05 Å². The first-order valence-electron chi connectivity index (χ1n) is 12.5. The predicted octanol–water partition coefficient (Wildman–Crippen LogP) is -0.0493. The molecule has 206 valence electrons. The Morgan fingerprint density at radius 2 is 1.89 bits per heavy atom. The molecule has 2 atom stereocenters. The second kappa shape index (κ2) is 11.8. The van der Waals surface area contributed by atoms with Gasteiger partial charge in [-0.05, 0) is 24.7 Å². The van der Waals surface area contributed by atoms with Crippen LogP contribution in [-0.2, 0) is 39.3 Å². The van der Waals surface area contributed by atoms with Gasteiger partial charge in [-0.1, -0.05) is 31.2 Å².